The van der Waals surface area contributed by atoms with Gasteiger partial charge >= 0.3 is 6.01 Å². The zero-order valence-corrected chi connectivity index (χ0v) is 23.1. The van der Waals surface area contributed by atoms with E-state index in [1.165, 1.54) is 26.2 Å². The molecule has 0 radical (unpaired) electrons. The van der Waals surface area contributed by atoms with E-state index in [9.17, 15) is 15.2 Å². The number of halogens is 1. The normalized spacial score (nSPS) is 18.1. The van der Waals surface area contributed by atoms with E-state index in [1.54, 1.807) is 23.6 Å². The molecule has 1 saturated carbocycles. The van der Waals surface area contributed by atoms with Crippen molar-refractivity contribution in [2.75, 3.05) is 16.8 Å². The van der Waals surface area contributed by atoms with Gasteiger partial charge in [-0.3, -0.25) is 9.78 Å². The minimum absolute atomic E-state index is 0.0866. The summed E-state index contributed by atoms with van der Waals surface area (Å²) in [5, 5.41) is 35.2. The van der Waals surface area contributed by atoms with Crippen molar-refractivity contribution in [3.8, 4) is 17.5 Å². The number of aromatic nitrogens is 5. The summed E-state index contributed by atoms with van der Waals surface area (Å²) in [6.07, 6.45) is 4.06. The Bertz CT molecular complexity index is 1600. The fourth-order valence-corrected chi connectivity index (χ4v) is 5.17. The maximum Gasteiger partial charge on any atom is 0.315 e. The lowest BCUT2D eigenvalue weighted by Crippen LogP contribution is -2.48. The third-order valence-electron chi connectivity index (χ3n) is 7.46. The first-order valence-corrected chi connectivity index (χ1v) is 13.4. The van der Waals surface area contributed by atoms with Crippen molar-refractivity contribution in [1.29, 1.82) is 5.26 Å². The molecule has 0 bridgehead atoms. The van der Waals surface area contributed by atoms with Crippen molar-refractivity contribution in [1.82, 2.24) is 24.8 Å². The number of amides is 1. The van der Waals surface area contributed by atoms with Gasteiger partial charge in [0.2, 0.25) is 5.89 Å². The van der Waals surface area contributed by atoms with E-state index < -0.39 is 17.7 Å². The Morgan fingerprint density at radius 1 is 1.29 bits per heavy atom. The van der Waals surface area contributed by atoms with Gasteiger partial charge in [-0.1, -0.05) is 5.10 Å². The Morgan fingerprint density at radius 3 is 2.68 bits per heavy atom. The molecule has 0 spiro atoms. The molecule has 1 aliphatic rings. The van der Waals surface area contributed by atoms with Crippen LogP contribution in [0.3, 0.4) is 0 Å². The Kier molecular flexibility index (Phi) is 7.59. The summed E-state index contributed by atoms with van der Waals surface area (Å²) >= 11 is 0. The van der Waals surface area contributed by atoms with E-state index in [2.05, 4.69) is 31.7 Å². The van der Waals surface area contributed by atoms with Crippen LogP contribution in [0, 0.1) is 18.3 Å². The monoisotopic (exact) mass is 561 g/mol. The van der Waals surface area contributed by atoms with Crippen molar-refractivity contribution < 1.29 is 18.7 Å². The molecule has 1 amide bonds. The molecule has 5 rings (SSSR count). The number of nitrogens with one attached hydrogen (secondary N) is 1. The lowest BCUT2D eigenvalue weighted by atomic mass is 9.89. The summed E-state index contributed by atoms with van der Waals surface area (Å²) in [7, 11) is 0. The second-order valence-electron chi connectivity index (χ2n) is 10.9. The van der Waals surface area contributed by atoms with Gasteiger partial charge in [-0.2, -0.15) is 10.4 Å². The van der Waals surface area contributed by atoms with Crippen LogP contribution in [0.25, 0.3) is 16.9 Å². The quantitative estimate of drug-likeness (QED) is 0.275. The molecule has 41 heavy (non-hydrogen) atoms. The third-order valence-corrected chi connectivity index (χ3v) is 7.46. The number of alkyl halides is 1. The van der Waals surface area contributed by atoms with Gasteiger partial charge in [0, 0.05) is 25.2 Å². The molecule has 1 fully saturated rings. The molecule has 0 unspecified atom stereocenters. The van der Waals surface area contributed by atoms with Crippen LogP contribution in [0.15, 0.2) is 41.1 Å². The highest BCUT2D eigenvalue weighted by Gasteiger charge is 2.35. The number of nitrogens with two attached hydrogens (primary N) is 1. The van der Waals surface area contributed by atoms with Crippen molar-refractivity contribution >= 4 is 23.1 Å². The largest absolute Gasteiger partial charge is 0.408 e. The number of hydrogen-bond acceptors (Lipinski definition) is 10. The van der Waals surface area contributed by atoms with Gasteiger partial charge in [-0.05, 0) is 63.8 Å². The van der Waals surface area contributed by atoms with Crippen molar-refractivity contribution in [2.45, 2.75) is 70.3 Å². The summed E-state index contributed by atoms with van der Waals surface area (Å²) in [4.78, 5) is 18.9. The van der Waals surface area contributed by atoms with Crippen LogP contribution in [0.2, 0.25) is 0 Å². The molecule has 4 aromatic heterocycles. The summed E-state index contributed by atoms with van der Waals surface area (Å²) in [5.41, 5.74) is 7.00. The Labute approximate surface area is 236 Å². The fourth-order valence-electron chi connectivity index (χ4n) is 5.17. The number of pyridine rings is 1. The van der Waals surface area contributed by atoms with Crippen LogP contribution >= 0.6 is 0 Å². The number of rotatable bonds is 9. The van der Waals surface area contributed by atoms with Crippen molar-refractivity contribution in [2.24, 2.45) is 5.73 Å². The van der Waals surface area contributed by atoms with Gasteiger partial charge in [0.25, 0.3) is 5.91 Å². The smallest absolute Gasteiger partial charge is 0.315 e. The molecular formula is C28H32FN9O3. The van der Waals surface area contributed by atoms with E-state index in [-0.39, 0.29) is 24.2 Å². The first-order chi connectivity index (χ1) is 19.5. The average molecular weight is 562 g/mol. The van der Waals surface area contributed by atoms with E-state index in [0.717, 1.165) is 12.8 Å². The molecule has 214 valence electrons. The van der Waals surface area contributed by atoms with E-state index in [4.69, 9.17) is 10.2 Å². The van der Waals surface area contributed by atoms with Crippen molar-refractivity contribution in [3.63, 3.8) is 0 Å². The average Bonchev–Trinajstić information content (AvgIpc) is 3.56. The van der Waals surface area contributed by atoms with Crippen LogP contribution in [0.1, 0.15) is 61.3 Å². The summed E-state index contributed by atoms with van der Waals surface area (Å²) < 4.78 is 22.5. The van der Waals surface area contributed by atoms with Gasteiger partial charge in [-0.15, -0.1) is 5.10 Å². The van der Waals surface area contributed by atoms with Gasteiger partial charge in [0.15, 0.2) is 0 Å². The second kappa shape index (κ2) is 11.1. The number of primary amides is 1. The number of carbonyl (C=O) groups is 1. The highest BCUT2D eigenvalue weighted by atomic mass is 19.1. The Balaban J connectivity index is 1.50. The van der Waals surface area contributed by atoms with Gasteiger partial charge in [0.1, 0.15) is 12.2 Å². The first kappa shape index (κ1) is 28.0. The zero-order chi connectivity index (χ0) is 29.3. The molecule has 4 N–H and O–H groups in total. The molecule has 12 nitrogen and oxygen atoms in total. The van der Waals surface area contributed by atoms with Crippen LogP contribution in [0.4, 0.5) is 16.1 Å². The number of nitrogens with zero attached hydrogens (tertiary/aromatic N) is 7. The third kappa shape index (κ3) is 5.97. The molecule has 1 atom stereocenters. The number of fused-ring (bicyclic) bond motifs is 1. The van der Waals surface area contributed by atoms with Gasteiger partial charge in [-0.25, -0.2) is 8.91 Å². The first-order valence-electron chi connectivity index (χ1n) is 13.4. The Hall–Kier alpha value is -4.57. The minimum Gasteiger partial charge on any atom is -0.408 e. The minimum atomic E-state index is -1.61. The summed E-state index contributed by atoms with van der Waals surface area (Å²) in [6, 6.07) is 9.43. The van der Waals surface area contributed by atoms with E-state index in [0.29, 0.717) is 52.9 Å². The lowest BCUT2D eigenvalue weighted by Gasteiger charge is -2.41. The maximum atomic E-state index is 15.4. The molecule has 0 aliphatic heterocycles. The molecule has 0 saturated heterocycles. The summed E-state index contributed by atoms with van der Waals surface area (Å²) in [5.74, 6) is -0.224. The van der Waals surface area contributed by atoms with Gasteiger partial charge < -0.3 is 25.5 Å². The molecule has 13 heteroatoms. The topological polar surface area (TPSA) is 171 Å². The van der Waals surface area contributed by atoms with Crippen LogP contribution in [-0.4, -0.2) is 66.2 Å². The number of anilines is 2. The molecule has 1 aliphatic carbocycles. The highest BCUT2D eigenvalue weighted by molar-refractivity contribution is 5.99. The predicted octanol–water partition coefficient (Wildman–Crippen LogP) is 3.40. The van der Waals surface area contributed by atoms with Crippen LogP contribution in [0.5, 0.6) is 0 Å². The van der Waals surface area contributed by atoms with E-state index in [1.807, 2.05) is 17.0 Å². The molecular weight excluding hydrogens is 529 g/mol. The SMILES string of the molecule is Cc1nnc(NC2CCC(N(C[C@@H](F)C(C)(C)O)c3cc(-c4ccc5cc(C#N)cnn45)ncc3C(N)=O)CC2)o1. The highest BCUT2D eigenvalue weighted by Crippen LogP contribution is 2.34. The standard InChI is InChI=1S/C28H32FN9O3/c1-16-35-36-27(41-16)34-18-4-6-19(7-5-18)37(15-25(29)28(2,3)40)24-11-22(32-14-21(24)26(31)39)23-9-8-20-10-17(12-30)13-33-38(20)23/h8-11,13-14,18-19,25,40H,4-7,15H2,1-3H3,(H2,31,39)(H,34,36)/t18?,19?,25-/m1/s1. The van der Waals surface area contributed by atoms with Crippen molar-refractivity contribution in [3.05, 3.63) is 53.7 Å². The number of carbonyl (C=O) groups excluding carboxylic acids is 1. The number of hydrogen-bond donors (Lipinski definition) is 3. The number of nitriles is 1. The predicted molar refractivity (Wildman–Crippen MR) is 149 cm³/mol. The molecule has 0 aromatic carbocycles. The number of aryl methyl sites for hydroxylation is 1. The summed E-state index contributed by atoms with van der Waals surface area (Å²) in [6.45, 7) is 4.41. The van der Waals surface area contributed by atoms with Crippen LogP contribution < -0.4 is 16.0 Å². The van der Waals surface area contributed by atoms with E-state index >= 15 is 4.39 Å². The fraction of sp³-hybridized carbons (Fsp3) is 0.429. The van der Waals surface area contributed by atoms with Gasteiger partial charge in [0.05, 0.1) is 52.1 Å². The van der Waals surface area contributed by atoms with Crippen LogP contribution in [-0.2, 0) is 0 Å². The molecule has 4 heterocycles. The maximum absolute atomic E-state index is 15.4. The second-order valence-corrected chi connectivity index (χ2v) is 10.9. The Morgan fingerprint density at radius 2 is 2.05 bits per heavy atom. The zero-order valence-electron chi connectivity index (χ0n) is 23.1. The number of aliphatic hydroxyl groups is 1. The molecule has 4 aromatic rings. The lowest BCUT2D eigenvalue weighted by molar-refractivity contribution is -0.000422.